The third kappa shape index (κ3) is 22.0. The Morgan fingerprint density at radius 3 is 2.30 bits per heavy atom. The van der Waals surface area contributed by atoms with Gasteiger partial charge in [-0.1, -0.05) is 103 Å². The molecule has 23 heteroatoms. The predicted molar refractivity (Wildman–Crippen MR) is 244 cm³/mol. The minimum Gasteiger partial charge on any atom is -0.462 e. The van der Waals surface area contributed by atoms with Gasteiger partial charge in [0.1, 0.15) is 36.6 Å². The molecule has 0 aromatic carbocycles. The molecule has 2 aliphatic rings. The van der Waals surface area contributed by atoms with Gasteiger partial charge >= 0.3 is 33.3 Å². The number of Topliss-reactive ketones (excluding diaryl/α,β-unsaturated/α-hetero) is 1. The Labute approximate surface area is 392 Å². The first-order chi connectivity index (χ1) is 31.7. The summed E-state index contributed by atoms with van der Waals surface area (Å²) in [7, 11) is -11.3. The quantitative estimate of drug-likeness (QED) is 0.0461. The number of ketones is 1. The molecule has 2 aliphatic heterocycles. The number of esters is 2. The van der Waals surface area contributed by atoms with Crippen molar-refractivity contribution in [2.75, 3.05) is 25.6 Å². The number of ether oxygens (including phenoxy) is 3. The number of aliphatic hydroxyl groups excluding tert-OH is 4. The molecular weight excluding hydrogens is 920 g/mol. The molecule has 8 N–H and O–H groups in total. The number of carbonyl (C=O) groups is 3. The van der Waals surface area contributed by atoms with Crippen molar-refractivity contribution >= 4 is 39.2 Å². The summed E-state index contributed by atoms with van der Waals surface area (Å²) in [5, 5.41) is 45.4. The van der Waals surface area contributed by atoms with Crippen LogP contribution in [-0.2, 0) is 51.1 Å². The van der Waals surface area contributed by atoms with Gasteiger partial charge in [0.25, 0.3) is 0 Å². The van der Waals surface area contributed by atoms with Crippen LogP contribution in [0.2, 0.25) is 0 Å². The predicted octanol–water partition coefficient (Wildman–Crippen LogP) is 5.11. The Bertz CT molecular complexity index is 1900. The molecule has 0 spiro atoms. The molecule has 1 saturated heterocycles. The molecule has 11 atom stereocenters. The molecule has 67 heavy (non-hydrogen) atoms. The number of aromatic nitrogens is 2. The first-order valence-corrected chi connectivity index (χ1v) is 26.3. The summed E-state index contributed by atoms with van der Waals surface area (Å²) < 4.78 is 58.6. The molecule has 1 aromatic rings. The Morgan fingerprint density at radius 2 is 1.61 bits per heavy atom. The van der Waals surface area contributed by atoms with Crippen molar-refractivity contribution in [1.29, 1.82) is 0 Å². The zero-order chi connectivity index (χ0) is 49.6. The van der Waals surface area contributed by atoms with Crippen LogP contribution in [0.5, 0.6) is 0 Å². The summed E-state index contributed by atoms with van der Waals surface area (Å²) in [6.07, 6.45) is 3.61. The van der Waals surface area contributed by atoms with E-state index in [1.807, 2.05) is 6.92 Å². The number of nitrogens with two attached hydrogens (primary N) is 1. The number of aliphatic hydroxyl groups is 4. The second-order valence-electron chi connectivity index (χ2n) is 17.5. The first kappa shape index (κ1) is 58.1. The van der Waals surface area contributed by atoms with Crippen LogP contribution < -0.4 is 11.4 Å². The number of unbranched alkanes of at least 4 members (excludes halogenated alkanes) is 7. The Balaban J connectivity index is 1.95. The van der Waals surface area contributed by atoms with Crippen molar-refractivity contribution in [3.8, 4) is 0 Å². The molecule has 0 amide bonds. The number of anilines is 1. The van der Waals surface area contributed by atoms with Crippen LogP contribution >= 0.6 is 15.6 Å². The fraction of sp³-hybridized carbons (Fsp3) is 0.750. The molecule has 382 valence electrons. The van der Waals surface area contributed by atoms with Gasteiger partial charge in [0.15, 0.2) is 6.10 Å². The molecule has 21 nitrogen and oxygen atoms in total. The van der Waals surface area contributed by atoms with E-state index < -0.39 is 120 Å². The van der Waals surface area contributed by atoms with Gasteiger partial charge in [0.05, 0.1) is 37.4 Å². The minimum absolute atomic E-state index is 0.00663. The number of hydrogen-bond donors (Lipinski definition) is 7. The van der Waals surface area contributed by atoms with Crippen molar-refractivity contribution in [1.82, 2.24) is 9.55 Å². The van der Waals surface area contributed by atoms with Crippen molar-refractivity contribution in [2.45, 2.75) is 173 Å². The van der Waals surface area contributed by atoms with Crippen LogP contribution in [0.1, 0.15) is 136 Å². The van der Waals surface area contributed by atoms with E-state index in [-0.39, 0.29) is 37.9 Å². The van der Waals surface area contributed by atoms with E-state index in [9.17, 15) is 58.5 Å². The van der Waals surface area contributed by atoms with Crippen molar-refractivity contribution in [2.24, 2.45) is 17.8 Å². The maximum atomic E-state index is 14.2. The first-order valence-electron chi connectivity index (χ1n) is 23.3. The number of carbonyl (C=O) groups excluding carboxylic acids is 3. The van der Waals surface area contributed by atoms with E-state index in [0.29, 0.717) is 25.2 Å². The van der Waals surface area contributed by atoms with Crippen LogP contribution in [0.15, 0.2) is 41.4 Å². The van der Waals surface area contributed by atoms with E-state index in [4.69, 9.17) is 29.0 Å². The van der Waals surface area contributed by atoms with Crippen LogP contribution in [0.25, 0.3) is 0 Å². The third-order valence-corrected chi connectivity index (χ3v) is 13.9. The number of fused-ring (bicyclic) bond motifs is 3. The van der Waals surface area contributed by atoms with Crippen LogP contribution in [0.4, 0.5) is 5.82 Å². The average molecular weight is 994 g/mol. The Morgan fingerprint density at radius 1 is 0.940 bits per heavy atom. The largest absolute Gasteiger partial charge is 0.481 e. The summed E-state index contributed by atoms with van der Waals surface area (Å²) in [4.78, 5) is 78.0. The zero-order valence-corrected chi connectivity index (χ0v) is 40.6. The molecule has 0 aliphatic carbocycles. The van der Waals surface area contributed by atoms with E-state index >= 15 is 0 Å². The monoisotopic (exact) mass is 993 g/mol. The van der Waals surface area contributed by atoms with Gasteiger partial charge in [0.2, 0.25) is 0 Å². The second kappa shape index (κ2) is 29.8. The molecule has 3 heterocycles. The Kier molecular flexibility index (Phi) is 25.8. The van der Waals surface area contributed by atoms with Crippen LogP contribution in [0.3, 0.4) is 0 Å². The highest BCUT2D eigenvalue weighted by atomic mass is 31.3. The van der Waals surface area contributed by atoms with Crippen molar-refractivity contribution in [3.63, 3.8) is 0 Å². The summed E-state index contributed by atoms with van der Waals surface area (Å²) in [5.74, 6) is -4.52. The normalized spacial score (nSPS) is 31.2. The van der Waals surface area contributed by atoms with E-state index in [0.717, 1.165) is 62.1 Å². The van der Waals surface area contributed by atoms with Gasteiger partial charge < -0.3 is 50.2 Å². The SMILES string of the molecule is CCCCC[C@H](O)C=C[C@@H]1[C@H](O)[C@H](O)[C@H]2COP(=O)(O)OP(=O)(O)OC[C@H](OC(=O)CCCCCCCCC(C)C)COC(=O)CCC/C=C\C[C@@H](C(=O)C[C@H]1O)[C@H](n1ccc(N)nc1=O)O2. The maximum Gasteiger partial charge on any atom is 0.481 e. The number of phosphoric ester groups is 2. The number of cyclic esters (lactones) is 1. The molecule has 2 unspecified atom stereocenters. The van der Waals surface area contributed by atoms with Gasteiger partial charge in [0, 0.05) is 31.4 Å². The fourth-order valence-corrected chi connectivity index (χ4v) is 9.65. The average Bonchev–Trinajstić information content (AvgIpc) is 3.24. The maximum absolute atomic E-state index is 14.2. The lowest BCUT2D eigenvalue weighted by atomic mass is 9.83. The summed E-state index contributed by atoms with van der Waals surface area (Å²) >= 11 is 0. The number of hydrogen-bond acceptors (Lipinski definition) is 18. The van der Waals surface area contributed by atoms with Gasteiger partial charge in [-0.25, -0.2) is 13.9 Å². The van der Waals surface area contributed by atoms with Crippen LogP contribution in [0, 0.1) is 17.8 Å². The second-order valence-corrected chi connectivity index (χ2v) is 20.6. The zero-order valence-electron chi connectivity index (χ0n) is 38.8. The molecule has 0 saturated carbocycles. The summed E-state index contributed by atoms with van der Waals surface area (Å²) in [5.41, 5.74) is 4.71. The lowest BCUT2D eigenvalue weighted by Gasteiger charge is -2.38. The summed E-state index contributed by atoms with van der Waals surface area (Å²) in [6, 6.07) is 1.21. The smallest absolute Gasteiger partial charge is 0.462 e. The number of nitrogen functional groups attached to an aromatic ring is 1. The molecule has 1 fully saturated rings. The molecular formula is C44H73N3O18P2. The van der Waals surface area contributed by atoms with Crippen LogP contribution in [-0.4, -0.2) is 114 Å². The highest BCUT2D eigenvalue weighted by Gasteiger charge is 2.45. The lowest BCUT2D eigenvalue weighted by Crippen LogP contribution is -2.51. The minimum atomic E-state index is -5.72. The third-order valence-electron chi connectivity index (χ3n) is 11.3. The fourth-order valence-electron chi connectivity index (χ4n) is 7.54. The number of nitrogens with zero attached hydrogens (tertiary/aromatic N) is 2. The Hall–Kier alpha value is -3.17. The van der Waals surface area contributed by atoms with E-state index in [1.165, 1.54) is 18.2 Å². The number of rotatable bonds is 17. The van der Waals surface area contributed by atoms with E-state index in [2.05, 4.69) is 23.1 Å². The summed E-state index contributed by atoms with van der Waals surface area (Å²) in [6.45, 7) is 3.56. The standard InChI is InChI=1S/C44H73N3O18P2/c1-4-5-12-18-31(48)22-23-33-35(49)26-36(50)34-19-14-10-11-15-20-39(51)60-27-32(63-40(52)21-16-9-7-6-8-13-17-30(2)3)28-61-66(56,57)65-67(58,59)62-29-37(42(54)41(33)53)64-43(34)47-25-24-38(45)46-44(47)55/h10,14,22-25,30-35,37,41-43,48-49,53-54H,4-9,11-13,15-21,26-29H2,1-3H3,(H,56,57)(H,58,59)(H2,45,46,55)/b14-10-,23-22?/t31-,32+,33-,34-,35+,37+,41-,42+,43+/m0/s1. The van der Waals surface area contributed by atoms with Crippen molar-refractivity contribution in [3.05, 3.63) is 47.1 Å². The highest BCUT2D eigenvalue weighted by Crippen LogP contribution is 2.60. The van der Waals surface area contributed by atoms with Gasteiger partial charge in [-0.15, -0.1) is 0 Å². The van der Waals surface area contributed by atoms with E-state index in [1.54, 1.807) is 12.2 Å². The topological polar surface area (TPSA) is 323 Å². The molecule has 2 bridgehead atoms. The van der Waals surface area contributed by atoms with Gasteiger partial charge in [-0.2, -0.15) is 9.29 Å². The molecule has 0 radical (unpaired) electrons. The van der Waals surface area contributed by atoms with Gasteiger partial charge in [-0.05, 0) is 44.1 Å². The highest BCUT2D eigenvalue weighted by molar-refractivity contribution is 7.61. The van der Waals surface area contributed by atoms with Crippen molar-refractivity contribution < 1.29 is 81.3 Å². The lowest BCUT2D eigenvalue weighted by molar-refractivity contribution is -0.183. The molecule has 3 rings (SSSR count). The van der Waals surface area contributed by atoms with Gasteiger partial charge in [-0.3, -0.25) is 28.0 Å². The number of allylic oxidation sites excluding steroid dienone is 2. The number of phosphoric acid groups is 2. The molecule has 1 aromatic heterocycles.